The SMILES string of the molecule is Cc1cc(=O)[nH]c(C(NC(=O)OC(C)(C)C)C(C)C)n1.Cc1nc(C(NC(=O)OC(C)(C)C)C(C)C)[nH]c(=O)c1Br. The Labute approximate surface area is 250 Å². The highest BCUT2D eigenvalue weighted by atomic mass is 79.9. The number of rotatable bonds is 6. The van der Waals surface area contributed by atoms with Crippen LogP contribution in [-0.2, 0) is 9.47 Å². The highest BCUT2D eigenvalue weighted by Gasteiger charge is 2.26. The molecule has 0 fully saturated rings. The molecule has 0 aliphatic carbocycles. The van der Waals surface area contributed by atoms with Gasteiger partial charge in [-0.2, -0.15) is 0 Å². The monoisotopic (exact) mass is 640 g/mol. The molecule has 0 radical (unpaired) electrons. The van der Waals surface area contributed by atoms with E-state index in [4.69, 9.17) is 9.47 Å². The summed E-state index contributed by atoms with van der Waals surface area (Å²) in [5, 5.41) is 5.50. The second kappa shape index (κ2) is 14.6. The lowest BCUT2D eigenvalue weighted by molar-refractivity contribution is 0.0475. The fourth-order valence-corrected chi connectivity index (χ4v) is 3.65. The van der Waals surface area contributed by atoms with Crippen LogP contribution < -0.4 is 21.8 Å². The van der Waals surface area contributed by atoms with Crippen LogP contribution >= 0.6 is 15.9 Å². The Kier molecular flexibility index (Phi) is 12.8. The Hall–Kier alpha value is -3.22. The molecule has 0 spiro atoms. The van der Waals surface area contributed by atoms with Gasteiger partial charge in [0.25, 0.3) is 11.1 Å². The summed E-state index contributed by atoms with van der Waals surface area (Å²) in [4.78, 5) is 61.1. The predicted octanol–water partition coefficient (Wildman–Crippen LogP) is 5.36. The number of H-pyrrole nitrogens is 2. The van der Waals surface area contributed by atoms with Gasteiger partial charge in [-0.15, -0.1) is 0 Å². The van der Waals surface area contributed by atoms with Gasteiger partial charge >= 0.3 is 12.2 Å². The minimum absolute atomic E-state index is 0.0428. The number of aromatic amines is 2. The fraction of sp³-hybridized carbons (Fsp3) is 0.643. The number of nitrogens with one attached hydrogen (secondary N) is 4. The molecule has 0 aromatic carbocycles. The van der Waals surface area contributed by atoms with E-state index < -0.39 is 35.5 Å². The summed E-state index contributed by atoms with van der Waals surface area (Å²) < 4.78 is 10.9. The molecular formula is C28H45BrN6O6. The minimum atomic E-state index is -0.581. The van der Waals surface area contributed by atoms with Crippen molar-refractivity contribution >= 4 is 28.1 Å². The molecule has 2 aromatic heterocycles. The lowest BCUT2D eigenvalue weighted by atomic mass is 10.0. The van der Waals surface area contributed by atoms with Gasteiger partial charge in [-0.05, 0) is 83.2 Å². The van der Waals surface area contributed by atoms with E-state index in [0.717, 1.165) is 0 Å². The first-order valence-electron chi connectivity index (χ1n) is 13.4. The van der Waals surface area contributed by atoms with Gasteiger partial charge in [0.2, 0.25) is 0 Å². The topological polar surface area (TPSA) is 168 Å². The third kappa shape index (κ3) is 12.9. The molecule has 2 atom stereocenters. The van der Waals surface area contributed by atoms with Crippen LogP contribution in [-0.4, -0.2) is 43.3 Å². The van der Waals surface area contributed by atoms with Crippen molar-refractivity contribution in [2.45, 2.75) is 106 Å². The zero-order valence-corrected chi connectivity index (χ0v) is 27.7. The largest absolute Gasteiger partial charge is 0.444 e. The number of aryl methyl sites for hydroxylation is 2. The van der Waals surface area contributed by atoms with E-state index >= 15 is 0 Å². The average Bonchev–Trinajstić information content (AvgIpc) is 2.76. The second-order valence-electron chi connectivity index (χ2n) is 12.4. The molecule has 2 amide bonds. The Balaban J connectivity index is 0.000000410. The van der Waals surface area contributed by atoms with Crippen molar-refractivity contribution < 1.29 is 19.1 Å². The normalized spacial score (nSPS) is 13.1. The van der Waals surface area contributed by atoms with Crippen molar-refractivity contribution in [3.63, 3.8) is 0 Å². The van der Waals surface area contributed by atoms with Gasteiger partial charge < -0.3 is 30.1 Å². The summed E-state index contributed by atoms with van der Waals surface area (Å²) in [6.07, 6.45) is -1.07. The first-order valence-corrected chi connectivity index (χ1v) is 14.2. The molecule has 2 heterocycles. The van der Waals surface area contributed by atoms with Crippen LogP contribution in [0.25, 0.3) is 0 Å². The highest BCUT2D eigenvalue weighted by molar-refractivity contribution is 9.10. The number of ether oxygens (including phenoxy) is 2. The van der Waals surface area contributed by atoms with Gasteiger partial charge in [0, 0.05) is 11.8 Å². The van der Waals surface area contributed by atoms with Crippen molar-refractivity contribution in [2.24, 2.45) is 11.8 Å². The van der Waals surface area contributed by atoms with Crippen molar-refractivity contribution in [3.8, 4) is 0 Å². The lowest BCUT2D eigenvalue weighted by Crippen LogP contribution is -2.38. The summed E-state index contributed by atoms with van der Waals surface area (Å²) in [6.45, 7) is 22.0. The number of carbonyl (C=O) groups is 2. The molecule has 0 saturated heterocycles. The molecule has 13 heteroatoms. The Bertz CT molecular complexity index is 1310. The number of carbonyl (C=O) groups excluding carboxylic acids is 2. The number of halogens is 1. The second-order valence-corrected chi connectivity index (χ2v) is 13.2. The molecule has 0 saturated carbocycles. The summed E-state index contributed by atoms with van der Waals surface area (Å²) in [5.41, 5.74) is -0.467. The third-order valence-electron chi connectivity index (χ3n) is 5.20. The molecule has 0 bridgehead atoms. The van der Waals surface area contributed by atoms with E-state index in [1.165, 1.54) is 6.07 Å². The molecule has 230 valence electrons. The third-order valence-corrected chi connectivity index (χ3v) is 6.14. The van der Waals surface area contributed by atoms with E-state index in [2.05, 4.69) is 46.5 Å². The van der Waals surface area contributed by atoms with Crippen LogP contribution in [0.5, 0.6) is 0 Å². The first-order chi connectivity index (χ1) is 18.6. The van der Waals surface area contributed by atoms with Gasteiger partial charge in [-0.25, -0.2) is 19.6 Å². The van der Waals surface area contributed by atoms with Crippen LogP contribution in [0, 0.1) is 25.7 Å². The van der Waals surface area contributed by atoms with Crippen LogP contribution in [0.3, 0.4) is 0 Å². The van der Waals surface area contributed by atoms with Crippen LogP contribution in [0.1, 0.15) is 104 Å². The fourth-order valence-electron chi connectivity index (χ4n) is 3.46. The van der Waals surface area contributed by atoms with Gasteiger partial charge in [-0.1, -0.05) is 27.7 Å². The number of aromatic nitrogens is 4. The zero-order chi connectivity index (χ0) is 31.9. The van der Waals surface area contributed by atoms with Gasteiger partial charge in [0.1, 0.15) is 27.3 Å². The van der Waals surface area contributed by atoms with Crippen LogP contribution in [0.15, 0.2) is 20.1 Å². The standard InChI is InChI=1S/C14H22BrN3O3.C14H23N3O3/c1-7(2)10(17-13(20)21-14(4,5)6)11-16-8(3)9(15)12(19)18-11;1-8(2)11(17-13(19)20-14(4,5)6)12-15-9(3)7-10(18)16-12/h7,10H,1-6H3,(H,17,20)(H,16,18,19);7-8,11H,1-6H3,(H,17,19)(H,15,16,18). The number of amides is 2. The molecule has 2 aromatic rings. The van der Waals surface area contributed by atoms with Crippen LogP contribution in [0.4, 0.5) is 9.59 Å². The quantitative estimate of drug-likeness (QED) is 0.327. The highest BCUT2D eigenvalue weighted by Crippen LogP contribution is 2.21. The van der Waals surface area contributed by atoms with Crippen molar-refractivity contribution in [2.75, 3.05) is 0 Å². The van der Waals surface area contributed by atoms with Gasteiger partial charge in [0.15, 0.2) is 0 Å². The number of nitrogens with zero attached hydrogens (tertiary/aromatic N) is 2. The van der Waals surface area contributed by atoms with E-state index in [0.29, 0.717) is 27.5 Å². The molecule has 2 unspecified atom stereocenters. The first kappa shape index (κ1) is 35.8. The average molecular weight is 642 g/mol. The molecule has 2 rings (SSSR count). The molecule has 0 aliphatic heterocycles. The Morgan fingerprint density at radius 3 is 1.56 bits per heavy atom. The Morgan fingerprint density at radius 1 is 0.805 bits per heavy atom. The van der Waals surface area contributed by atoms with Crippen molar-refractivity contribution in [1.82, 2.24) is 30.6 Å². The van der Waals surface area contributed by atoms with Crippen molar-refractivity contribution in [1.29, 1.82) is 0 Å². The molecule has 0 aliphatic rings. The van der Waals surface area contributed by atoms with Gasteiger partial charge in [-0.3, -0.25) is 9.59 Å². The van der Waals surface area contributed by atoms with E-state index in [1.54, 1.807) is 55.4 Å². The maximum Gasteiger partial charge on any atom is 0.408 e. The molecular weight excluding hydrogens is 596 g/mol. The Morgan fingerprint density at radius 2 is 1.22 bits per heavy atom. The smallest absolute Gasteiger partial charge is 0.408 e. The zero-order valence-electron chi connectivity index (χ0n) is 26.1. The lowest BCUT2D eigenvalue weighted by Gasteiger charge is -2.25. The van der Waals surface area contributed by atoms with Gasteiger partial charge in [0.05, 0.1) is 17.8 Å². The number of hydrogen-bond acceptors (Lipinski definition) is 8. The van der Waals surface area contributed by atoms with E-state index in [1.807, 2.05) is 27.7 Å². The molecule has 41 heavy (non-hydrogen) atoms. The number of alkyl carbamates (subject to hydrolysis) is 2. The van der Waals surface area contributed by atoms with Crippen molar-refractivity contribution in [3.05, 3.63) is 54.3 Å². The van der Waals surface area contributed by atoms with E-state index in [-0.39, 0.29) is 23.0 Å². The van der Waals surface area contributed by atoms with Crippen LogP contribution in [0.2, 0.25) is 0 Å². The maximum absolute atomic E-state index is 11.9. The maximum atomic E-state index is 11.9. The minimum Gasteiger partial charge on any atom is -0.444 e. The predicted molar refractivity (Wildman–Crippen MR) is 161 cm³/mol. The summed E-state index contributed by atoms with van der Waals surface area (Å²) >= 11 is 3.17. The molecule has 4 N–H and O–H groups in total. The molecule has 12 nitrogen and oxygen atoms in total. The summed E-state index contributed by atoms with van der Waals surface area (Å²) in [7, 11) is 0. The summed E-state index contributed by atoms with van der Waals surface area (Å²) in [5.74, 6) is 0.964. The number of hydrogen-bond donors (Lipinski definition) is 4. The summed E-state index contributed by atoms with van der Waals surface area (Å²) in [6, 6.07) is 0.575. The van der Waals surface area contributed by atoms with E-state index in [9.17, 15) is 19.2 Å².